The lowest BCUT2D eigenvalue weighted by Gasteiger charge is -2.30. The van der Waals surface area contributed by atoms with Gasteiger partial charge in [-0.3, -0.25) is 0 Å². The van der Waals surface area contributed by atoms with E-state index in [0.717, 1.165) is 24.2 Å². The van der Waals surface area contributed by atoms with Gasteiger partial charge in [-0.2, -0.15) is 0 Å². The first-order chi connectivity index (χ1) is 9.92. The Bertz CT molecular complexity index is 484. The quantitative estimate of drug-likeness (QED) is 0.472. The standard InChI is InChI=1S/C17H28N2O2/c1-6-7-8-9-19(12(2)3)14-10-13(4)16(18)15(11-14)17(20)21-5/h10-12H,6-9,18H2,1-5H3. The molecule has 0 amide bonds. The van der Waals surface area contributed by atoms with E-state index in [9.17, 15) is 4.79 Å². The molecule has 0 atom stereocenters. The molecule has 0 bridgehead atoms. The van der Waals surface area contributed by atoms with Gasteiger partial charge in [0.25, 0.3) is 0 Å². The van der Waals surface area contributed by atoms with Gasteiger partial charge in [0, 0.05) is 24.0 Å². The van der Waals surface area contributed by atoms with Crippen LogP contribution in [0.4, 0.5) is 11.4 Å². The Morgan fingerprint density at radius 1 is 1.33 bits per heavy atom. The van der Waals surface area contributed by atoms with E-state index in [1.807, 2.05) is 19.1 Å². The molecule has 0 radical (unpaired) electrons. The van der Waals surface area contributed by atoms with E-state index < -0.39 is 0 Å². The van der Waals surface area contributed by atoms with Crippen LogP contribution in [-0.2, 0) is 4.74 Å². The number of nitrogens with zero attached hydrogens (tertiary/aromatic N) is 1. The monoisotopic (exact) mass is 292 g/mol. The largest absolute Gasteiger partial charge is 0.465 e. The molecule has 0 spiro atoms. The summed E-state index contributed by atoms with van der Waals surface area (Å²) in [5, 5.41) is 0. The Hall–Kier alpha value is -1.71. The number of carbonyl (C=O) groups excluding carboxylic acids is 1. The molecule has 1 rings (SSSR count). The normalized spacial score (nSPS) is 10.8. The Morgan fingerprint density at radius 2 is 2.00 bits per heavy atom. The summed E-state index contributed by atoms with van der Waals surface area (Å²) in [6.07, 6.45) is 3.55. The van der Waals surface area contributed by atoms with E-state index in [-0.39, 0.29) is 5.97 Å². The van der Waals surface area contributed by atoms with Crippen molar-refractivity contribution in [2.45, 2.75) is 53.0 Å². The summed E-state index contributed by atoms with van der Waals surface area (Å²) in [4.78, 5) is 14.2. The van der Waals surface area contributed by atoms with Crippen LogP contribution in [0.5, 0.6) is 0 Å². The van der Waals surface area contributed by atoms with Crippen molar-refractivity contribution in [3.8, 4) is 0 Å². The van der Waals surface area contributed by atoms with Crippen LogP contribution in [-0.4, -0.2) is 25.7 Å². The fraction of sp³-hybridized carbons (Fsp3) is 0.588. The predicted octanol–water partition coefficient (Wildman–Crippen LogP) is 3.77. The minimum Gasteiger partial charge on any atom is -0.465 e. The van der Waals surface area contributed by atoms with Crippen LogP contribution in [0.2, 0.25) is 0 Å². The van der Waals surface area contributed by atoms with Gasteiger partial charge in [-0.1, -0.05) is 19.8 Å². The zero-order valence-corrected chi connectivity index (χ0v) is 13.9. The molecular weight excluding hydrogens is 264 g/mol. The highest BCUT2D eigenvalue weighted by atomic mass is 16.5. The number of hydrogen-bond acceptors (Lipinski definition) is 4. The molecular formula is C17H28N2O2. The van der Waals surface area contributed by atoms with Crippen molar-refractivity contribution < 1.29 is 9.53 Å². The number of aryl methyl sites for hydroxylation is 1. The average molecular weight is 292 g/mol. The lowest BCUT2D eigenvalue weighted by molar-refractivity contribution is 0.0602. The van der Waals surface area contributed by atoms with Gasteiger partial charge in [0.05, 0.1) is 12.7 Å². The number of nitrogen functional groups attached to an aromatic ring is 1. The third kappa shape index (κ3) is 4.38. The van der Waals surface area contributed by atoms with Crippen LogP contribution < -0.4 is 10.6 Å². The van der Waals surface area contributed by atoms with E-state index in [4.69, 9.17) is 10.5 Å². The van der Waals surface area contributed by atoms with Crippen molar-refractivity contribution in [1.82, 2.24) is 0 Å². The molecule has 0 unspecified atom stereocenters. The molecule has 1 aromatic rings. The number of hydrogen-bond donors (Lipinski definition) is 1. The van der Waals surface area contributed by atoms with Gasteiger partial charge in [-0.15, -0.1) is 0 Å². The van der Waals surface area contributed by atoms with Gasteiger partial charge < -0.3 is 15.4 Å². The predicted molar refractivity (Wildman–Crippen MR) is 88.9 cm³/mol. The highest BCUT2D eigenvalue weighted by Crippen LogP contribution is 2.27. The molecule has 21 heavy (non-hydrogen) atoms. The lowest BCUT2D eigenvalue weighted by Crippen LogP contribution is -2.32. The molecule has 0 fully saturated rings. The van der Waals surface area contributed by atoms with Crippen LogP contribution >= 0.6 is 0 Å². The first-order valence-corrected chi connectivity index (χ1v) is 7.67. The summed E-state index contributed by atoms with van der Waals surface area (Å²) in [5.74, 6) is -0.380. The third-order valence-corrected chi connectivity index (χ3v) is 3.73. The summed E-state index contributed by atoms with van der Waals surface area (Å²) in [6, 6.07) is 4.27. The van der Waals surface area contributed by atoms with Crippen molar-refractivity contribution in [2.75, 3.05) is 24.3 Å². The van der Waals surface area contributed by atoms with Crippen molar-refractivity contribution in [1.29, 1.82) is 0 Å². The Morgan fingerprint density at radius 3 is 2.52 bits per heavy atom. The summed E-state index contributed by atoms with van der Waals surface area (Å²) in [5.41, 5.74) is 8.91. The summed E-state index contributed by atoms with van der Waals surface area (Å²) in [6.45, 7) is 9.43. The van der Waals surface area contributed by atoms with Crippen LogP contribution in [0, 0.1) is 6.92 Å². The molecule has 2 N–H and O–H groups in total. The first kappa shape index (κ1) is 17.3. The molecule has 4 nitrogen and oxygen atoms in total. The molecule has 0 aliphatic heterocycles. The van der Waals surface area contributed by atoms with Crippen molar-refractivity contribution in [3.05, 3.63) is 23.3 Å². The highest BCUT2D eigenvalue weighted by Gasteiger charge is 2.17. The highest BCUT2D eigenvalue weighted by molar-refractivity contribution is 5.97. The van der Waals surface area contributed by atoms with Crippen molar-refractivity contribution in [2.24, 2.45) is 0 Å². The minimum absolute atomic E-state index is 0.371. The smallest absolute Gasteiger partial charge is 0.340 e. The van der Waals surface area contributed by atoms with Crippen molar-refractivity contribution in [3.63, 3.8) is 0 Å². The maximum absolute atomic E-state index is 11.9. The van der Waals surface area contributed by atoms with E-state index in [1.54, 1.807) is 0 Å². The van der Waals surface area contributed by atoms with Gasteiger partial charge in [-0.25, -0.2) is 4.79 Å². The van der Waals surface area contributed by atoms with Gasteiger partial charge >= 0.3 is 5.97 Å². The van der Waals surface area contributed by atoms with Crippen LogP contribution in [0.1, 0.15) is 56.0 Å². The lowest BCUT2D eigenvalue weighted by atomic mass is 10.0. The zero-order chi connectivity index (χ0) is 16.0. The molecule has 0 aliphatic rings. The fourth-order valence-corrected chi connectivity index (χ4v) is 2.44. The van der Waals surface area contributed by atoms with E-state index in [1.165, 1.54) is 20.0 Å². The minimum atomic E-state index is -0.380. The van der Waals surface area contributed by atoms with Crippen molar-refractivity contribution >= 4 is 17.3 Å². The molecule has 0 aromatic heterocycles. The molecule has 0 aliphatic carbocycles. The van der Waals surface area contributed by atoms with Crippen LogP contribution in [0.25, 0.3) is 0 Å². The molecule has 0 saturated heterocycles. The molecule has 4 heteroatoms. The van der Waals surface area contributed by atoms with Crippen LogP contribution in [0.15, 0.2) is 12.1 Å². The Balaban J connectivity index is 3.13. The second-order valence-corrected chi connectivity index (χ2v) is 5.71. The molecule has 0 saturated carbocycles. The number of ether oxygens (including phenoxy) is 1. The maximum Gasteiger partial charge on any atom is 0.340 e. The first-order valence-electron chi connectivity index (χ1n) is 7.67. The summed E-state index contributed by atoms with van der Waals surface area (Å²) < 4.78 is 4.83. The fourth-order valence-electron chi connectivity index (χ4n) is 2.44. The van der Waals surface area contributed by atoms with Gasteiger partial charge in [0.2, 0.25) is 0 Å². The second kappa shape index (κ2) is 7.91. The topological polar surface area (TPSA) is 55.6 Å². The maximum atomic E-state index is 11.9. The van der Waals surface area contributed by atoms with E-state index in [2.05, 4.69) is 25.7 Å². The molecule has 0 heterocycles. The molecule has 118 valence electrons. The second-order valence-electron chi connectivity index (χ2n) is 5.71. The number of esters is 1. The SMILES string of the molecule is CCCCCN(c1cc(C)c(N)c(C(=O)OC)c1)C(C)C. The number of carbonyl (C=O) groups is 1. The molecule has 1 aromatic carbocycles. The number of rotatable bonds is 7. The summed E-state index contributed by atoms with van der Waals surface area (Å²) >= 11 is 0. The van der Waals surface area contributed by atoms with Gasteiger partial charge in [0.1, 0.15) is 0 Å². The van der Waals surface area contributed by atoms with E-state index >= 15 is 0 Å². The number of nitrogens with two attached hydrogens (primary N) is 1. The number of anilines is 2. The van der Waals surface area contributed by atoms with E-state index in [0.29, 0.717) is 17.3 Å². The van der Waals surface area contributed by atoms with Gasteiger partial charge in [0.15, 0.2) is 0 Å². The Kier molecular flexibility index (Phi) is 6.53. The third-order valence-electron chi connectivity index (χ3n) is 3.73. The average Bonchev–Trinajstić information content (AvgIpc) is 2.45. The van der Waals surface area contributed by atoms with Gasteiger partial charge in [-0.05, 0) is 44.9 Å². The Labute approximate surface area is 128 Å². The summed E-state index contributed by atoms with van der Waals surface area (Å²) in [7, 11) is 1.38. The number of benzene rings is 1. The zero-order valence-electron chi connectivity index (χ0n) is 13.9. The van der Waals surface area contributed by atoms with Crippen LogP contribution in [0.3, 0.4) is 0 Å². The number of unbranched alkanes of at least 4 members (excludes halogenated alkanes) is 2. The number of methoxy groups -OCH3 is 1.